The number of hydrogen-bond donors (Lipinski definition) is 0. The van der Waals surface area contributed by atoms with Gasteiger partial charge in [0.05, 0.1) is 5.75 Å². The highest BCUT2D eigenvalue weighted by molar-refractivity contribution is 7.89. The summed E-state index contributed by atoms with van der Waals surface area (Å²) in [5.41, 5.74) is 2.66. The van der Waals surface area contributed by atoms with E-state index in [-0.39, 0.29) is 23.0 Å². The van der Waals surface area contributed by atoms with Crippen LogP contribution in [-0.2, 0) is 20.2 Å². The Morgan fingerprint density at radius 3 is 2.37 bits per heavy atom. The third-order valence-corrected chi connectivity index (χ3v) is 8.47. The number of amides is 1. The molecule has 1 spiro atoms. The molecule has 0 N–H and O–H groups in total. The average molecular weight is 393 g/mol. The van der Waals surface area contributed by atoms with Gasteiger partial charge in [-0.05, 0) is 62.5 Å². The minimum atomic E-state index is -3.12. The number of carbonyl (C=O) groups excluding carboxylic acids is 1. The Balaban J connectivity index is 1.81. The number of rotatable bonds is 6. The standard InChI is InChI=1S/C21H32N2O3S/c1-4-22(5-2)20(24)15-17-16-21(19-10-8-7-9-18(17)19)11-13-23(14-12-21)27(25,26)6-3/h7-10,17H,4-6,11-16H2,1-3H3/t17-/m1/s1. The zero-order valence-electron chi connectivity index (χ0n) is 16.8. The number of carbonyl (C=O) groups is 1. The third kappa shape index (κ3) is 3.79. The van der Waals surface area contributed by atoms with Gasteiger partial charge in [0.15, 0.2) is 0 Å². The lowest BCUT2D eigenvalue weighted by atomic mass is 9.73. The highest BCUT2D eigenvalue weighted by Gasteiger charge is 2.46. The molecule has 27 heavy (non-hydrogen) atoms. The van der Waals surface area contributed by atoms with Gasteiger partial charge in [-0.3, -0.25) is 4.79 Å². The summed E-state index contributed by atoms with van der Waals surface area (Å²) in [6, 6.07) is 8.49. The normalized spacial score (nSPS) is 22.0. The Morgan fingerprint density at radius 2 is 1.78 bits per heavy atom. The Morgan fingerprint density at radius 1 is 1.15 bits per heavy atom. The number of hydrogen-bond acceptors (Lipinski definition) is 3. The van der Waals surface area contributed by atoms with Crippen molar-refractivity contribution in [3.05, 3.63) is 35.4 Å². The molecule has 6 heteroatoms. The maximum atomic E-state index is 12.7. The molecule has 0 radical (unpaired) electrons. The molecule has 1 saturated heterocycles. The van der Waals surface area contributed by atoms with E-state index in [1.54, 1.807) is 11.2 Å². The van der Waals surface area contributed by atoms with Gasteiger partial charge >= 0.3 is 0 Å². The van der Waals surface area contributed by atoms with E-state index in [0.29, 0.717) is 19.5 Å². The van der Waals surface area contributed by atoms with Crippen molar-refractivity contribution in [1.82, 2.24) is 9.21 Å². The molecular weight excluding hydrogens is 360 g/mol. The van der Waals surface area contributed by atoms with Crippen molar-refractivity contribution < 1.29 is 13.2 Å². The largest absolute Gasteiger partial charge is 0.343 e. The topological polar surface area (TPSA) is 57.7 Å². The van der Waals surface area contributed by atoms with E-state index in [1.807, 2.05) is 18.7 Å². The fourth-order valence-corrected chi connectivity index (χ4v) is 6.08. The first-order valence-corrected chi connectivity index (χ1v) is 11.8. The van der Waals surface area contributed by atoms with Crippen molar-refractivity contribution in [1.29, 1.82) is 0 Å². The molecular formula is C21H32N2O3S. The van der Waals surface area contributed by atoms with E-state index in [0.717, 1.165) is 32.4 Å². The summed E-state index contributed by atoms with van der Waals surface area (Å²) in [5, 5.41) is 0. The summed E-state index contributed by atoms with van der Waals surface area (Å²) in [7, 11) is -3.12. The molecule has 5 nitrogen and oxygen atoms in total. The molecule has 1 fully saturated rings. The summed E-state index contributed by atoms with van der Waals surface area (Å²) in [6.45, 7) is 8.42. The van der Waals surface area contributed by atoms with E-state index >= 15 is 0 Å². The fraction of sp³-hybridized carbons (Fsp3) is 0.667. The first-order chi connectivity index (χ1) is 12.9. The van der Waals surface area contributed by atoms with Gasteiger partial charge < -0.3 is 4.90 Å². The molecule has 2 aliphatic rings. The monoisotopic (exact) mass is 392 g/mol. The molecule has 150 valence electrons. The number of sulfonamides is 1. The summed E-state index contributed by atoms with van der Waals surface area (Å²) in [6.07, 6.45) is 3.20. The van der Waals surface area contributed by atoms with Crippen molar-refractivity contribution in [2.24, 2.45) is 0 Å². The highest BCUT2D eigenvalue weighted by Crippen LogP contribution is 2.53. The highest BCUT2D eigenvalue weighted by atomic mass is 32.2. The molecule has 1 amide bonds. The first-order valence-electron chi connectivity index (χ1n) is 10.2. The van der Waals surface area contributed by atoms with Gasteiger partial charge in [-0.1, -0.05) is 24.3 Å². The molecule has 1 aliphatic heterocycles. The number of fused-ring (bicyclic) bond motifs is 2. The van der Waals surface area contributed by atoms with Gasteiger partial charge in [-0.25, -0.2) is 12.7 Å². The first kappa shape index (κ1) is 20.3. The molecule has 3 rings (SSSR count). The minimum Gasteiger partial charge on any atom is -0.343 e. The van der Waals surface area contributed by atoms with E-state index in [9.17, 15) is 13.2 Å². The molecule has 1 aliphatic carbocycles. The van der Waals surface area contributed by atoms with Crippen LogP contribution in [0.4, 0.5) is 0 Å². The van der Waals surface area contributed by atoms with Crippen LogP contribution in [0.3, 0.4) is 0 Å². The van der Waals surface area contributed by atoms with Crippen molar-refractivity contribution in [3.63, 3.8) is 0 Å². The quantitative estimate of drug-likeness (QED) is 0.747. The average Bonchev–Trinajstić information content (AvgIpc) is 2.96. The van der Waals surface area contributed by atoms with Crippen LogP contribution in [0.1, 0.15) is 63.5 Å². The second-order valence-corrected chi connectivity index (χ2v) is 10.1. The minimum absolute atomic E-state index is 0.0184. The van der Waals surface area contributed by atoms with Crippen molar-refractivity contribution >= 4 is 15.9 Å². The van der Waals surface area contributed by atoms with Gasteiger partial charge in [0.1, 0.15) is 0 Å². The van der Waals surface area contributed by atoms with E-state index in [2.05, 4.69) is 24.3 Å². The number of piperidine rings is 1. The van der Waals surface area contributed by atoms with Crippen LogP contribution in [0.5, 0.6) is 0 Å². The van der Waals surface area contributed by atoms with Crippen LogP contribution in [0.15, 0.2) is 24.3 Å². The summed E-state index contributed by atoms with van der Waals surface area (Å²) < 4.78 is 26.1. The lowest BCUT2D eigenvalue weighted by molar-refractivity contribution is -0.131. The predicted octanol–water partition coefficient (Wildman–Crippen LogP) is 3.12. The van der Waals surface area contributed by atoms with Crippen molar-refractivity contribution in [2.75, 3.05) is 31.9 Å². The van der Waals surface area contributed by atoms with E-state index < -0.39 is 10.0 Å². The lowest BCUT2D eigenvalue weighted by Crippen LogP contribution is -2.45. The zero-order chi connectivity index (χ0) is 19.7. The predicted molar refractivity (Wildman–Crippen MR) is 108 cm³/mol. The van der Waals surface area contributed by atoms with E-state index in [1.165, 1.54) is 11.1 Å². The van der Waals surface area contributed by atoms with Gasteiger partial charge in [0, 0.05) is 32.6 Å². The molecule has 1 aromatic carbocycles. The van der Waals surface area contributed by atoms with Gasteiger partial charge in [-0.2, -0.15) is 0 Å². The molecule has 0 bridgehead atoms. The molecule has 1 atom stereocenters. The molecule has 0 saturated carbocycles. The fourth-order valence-electron chi connectivity index (χ4n) is 4.97. The van der Waals surface area contributed by atoms with Gasteiger partial charge in [0.25, 0.3) is 0 Å². The molecule has 0 unspecified atom stereocenters. The van der Waals surface area contributed by atoms with Crippen LogP contribution in [0.2, 0.25) is 0 Å². The Bertz CT molecular complexity index is 778. The molecule has 1 aromatic rings. The summed E-state index contributed by atoms with van der Waals surface area (Å²) in [4.78, 5) is 14.6. The van der Waals surface area contributed by atoms with Crippen LogP contribution in [0, 0.1) is 0 Å². The van der Waals surface area contributed by atoms with Crippen LogP contribution in [-0.4, -0.2) is 55.5 Å². The third-order valence-electron chi connectivity index (χ3n) is 6.58. The molecule has 1 heterocycles. The number of benzene rings is 1. The summed E-state index contributed by atoms with van der Waals surface area (Å²) >= 11 is 0. The van der Waals surface area contributed by atoms with Crippen LogP contribution >= 0.6 is 0 Å². The summed E-state index contributed by atoms with van der Waals surface area (Å²) in [5.74, 6) is 0.629. The van der Waals surface area contributed by atoms with Crippen LogP contribution < -0.4 is 0 Å². The van der Waals surface area contributed by atoms with Crippen molar-refractivity contribution in [2.45, 2.75) is 57.8 Å². The second-order valence-electron chi connectivity index (χ2n) is 7.84. The van der Waals surface area contributed by atoms with Crippen LogP contribution in [0.25, 0.3) is 0 Å². The van der Waals surface area contributed by atoms with Gasteiger partial charge in [-0.15, -0.1) is 0 Å². The number of nitrogens with zero attached hydrogens (tertiary/aromatic N) is 2. The van der Waals surface area contributed by atoms with Gasteiger partial charge in [0.2, 0.25) is 15.9 Å². The second kappa shape index (κ2) is 7.92. The van der Waals surface area contributed by atoms with Crippen molar-refractivity contribution in [3.8, 4) is 0 Å². The Kier molecular flexibility index (Phi) is 5.96. The SMILES string of the molecule is CCN(CC)C(=O)C[C@@H]1CC2(CCN(S(=O)(=O)CC)CC2)c2ccccc21. The zero-order valence-corrected chi connectivity index (χ0v) is 17.6. The Labute approximate surface area is 163 Å². The Hall–Kier alpha value is -1.40. The smallest absolute Gasteiger partial charge is 0.223 e. The maximum Gasteiger partial charge on any atom is 0.223 e. The maximum absolute atomic E-state index is 12.7. The lowest BCUT2D eigenvalue weighted by Gasteiger charge is -2.39. The molecule has 0 aromatic heterocycles. The van der Waals surface area contributed by atoms with E-state index in [4.69, 9.17) is 0 Å².